The van der Waals surface area contributed by atoms with Crippen LogP contribution < -0.4 is 15.4 Å². The van der Waals surface area contributed by atoms with Crippen LogP contribution in [0.25, 0.3) is 11.0 Å². The molecular weight excluding hydrogens is 514 g/mol. The highest BCUT2D eigenvalue weighted by atomic mass is 79.9. The molecule has 0 bridgehead atoms. The van der Waals surface area contributed by atoms with Gasteiger partial charge in [0.2, 0.25) is 5.88 Å². The molecular formula is C26H26BrN3O5. The third-order valence-corrected chi connectivity index (χ3v) is 6.36. The molecule has 2 aromatic heterocycles. The minimum Gasteiger partial charge on any atom is -0.497 e. The molecule has 1 atom stereocenters. The first-order chi connectivity index (χ1) is 16.9. The van der Waals surface area contributed by atoms with Crippen LogP contribution in [0.1, 0.15) is 33.4 Å². The summed E-state index contributed by atoms with van der Waals surface area (Å²) in [4.78, 5) is 24.9. The molecule has 182 valence electrons. The molecule has 0 aliphatic heterocycles. The van der Waals surface area contributed by atoms with Gasteiger partial charge in [0.15, 0.2) is 0 Å². The topological polar surface area (TPSA) is 100 Å². The number of nitrogens with zero attached hydrogens (tertiary/aromatic N) is 2. The monoisotopic (exact) mass is 539 g/mol. The van der Waals surface area contributed by atoms with Gasteiger partial charge in [0, 0.05) is 11.9 Å². The number of hydrogen-bond acceptors (Lipinski definition) is 7. The summed E-state index contributed by atoms with van der Waals surface area (Å²) in [5.74, 6) is 6.79. The molecule has 2 heterocycles. The van der Waals surface area contributed by atoms with Gasteiger partial charge in [0.25, 0.3) is 5.91 Å². The van der Waals surface area contributed by atoms with Gasteiger partial charge in [-0.15, -0.1) is 0 Å². The van der Waals surface area contributed by atoms with E-state index in [1.807, 2.05) is 55.5 Å². The smallest absolute Gasteiger partial charge is 0.273 e. The van der Waals surface area contributed by atoms with E-state index in [1.54, 1.807) is 24.1 Å². The normalized spacial score (nSPS) is 11.9. The van der Waals surface area contributed by atoms with Gasteiger partial charge >= 0.3 is 0 Å². The van der Waals surface area contributed by atoms with Crippen molar-refractivity contribution in [3.8, 4) is 11.6 Å². The van der Waals surface area contributed by atoms with E-state index in [1.165, 1.54) is 7.11 Å². The number of carbonyl (C=O) groups is 1. The lowest BCUT2D eigenvalue weighted by Gasteiger charge is -2.30. The second kappa shape index (κ2) is 10.9. The van der Waals surface area contributed by atoms with Gasteiger partial charge in [-0.25, -0.2) is 10.9 Å². The summed E-state index contributed by atoms with van der Waals surface area (Å²) in [5, 5.41) is 0.963. The highest BCUT2D eigenvalue weighted by Crippen LogP contribution is 2.32. The number of aryl methyl sites for hydroxylation is 1. The molecule has 0 aliphatic carbocycles. The first kappa shape index (κ1) is 24.7. The van der Waals surface area contributed by atoms with Gasteiger partial charge < -0.3 is 23.6 Å². The lowest BCUT2D eigenvalue weighted by atomic mass is 10.1. The lowest BCUT2D eigenvalue weighted by molar-refractivity contribution is 0.0340. The second-order valence-corrected chi connectivity index (χ2v) is 8.81. The van der Waals surface area contributed by atoms with Crippen molar-refractivity contribution >= 4 is 32.8 Å². The van der Waals surface area contributed by atoms with E-state index in [9.17, 15) is 4.79 Å². The van der Waals surface area contributed by atoms with E-state index in [2.05, 4.69) is 20.9 Å². The number of methoxy groups -OCH3 is 2. The van der Waals surface area contributed by atoms with Crippen LogP contribution in [0.5, 0.6) is 11.6 Å². The fourth-order valence-corrected chi connectivity index (χ4v) is 4.27. The largest absolute Gasteiger partial charge is 0.497 e. The number of furan rings is 1. The highest BCUT2D eigenvalue weighted by molar-refractivity contribution is 9.10. The summed E-state index contributed by atoms with van der Waals surface area (Å²) in [6, 6.07) is 18.0. The standard InChI is InChI=1S/C26H26BrN3O5/c1-16-5-4-6-23-19(16)13-24(35-23)22(15-34-28)30(14-17-7-9-18(32-2)10-8-17)26(31)21-12-11-20(27)25(29-21)33-3/h4-13,22H,14-15,28H2,1-3H3. The average molecular weight is 540 g/mol. The number of rotatable bonds is 9. The van der Waals surface area contributed by atoms with Gasteiger partial charge in [-0.05, 0) is 70.4 Å². The summed E-state index contributed by atoms with van der Waals surface area (Å²) in [6.45, 7) is 2.29. The Hall–Kier alpha value is -3.40. The first-order valence-electron chi connectivity index (χ1n) is 10.9. The molecule has 0 fully saturated rings. The SMILES string of the molecule is COc1ccc(CN(C(=O)c2ccc(Br)c(OC)n2)C(CON)c2cc3c(C)cccc3o2)cc1. The van der Waals surface area contributed by atoms with Gasteiger partial charge in [-0.2, -0.15) is 0 Å². The molecule has 4 aromatic rings. The predicted octanol–water partition coefficient (Wildman–Crippen LogP) is 5.19. The van der Waals surface area contributed by atoms with Crippen molar-refractivity contribution in [2.24, 2.45) is 5.90 Å². The number of fused-ring (bicyclic) bond motifs is 1. The van der Waals surface area contributed by atoms with Crippen molar-refractivity contribution in [2.75, 3.05) is 20.8 Å². The molecule has 0 saturated carbocycles. The second-order valence-electron chi connectivity index (χ2n) is 7.95. The van der Waals surface area contributed by atoms with Crippen LogP contribution in [0.3, 0.4) is 0 Å². The number of nitrogens with two attached hydrogens (primary N) is 1. The van der Waals surface area contributed by atoms with Crippen molar-refractivity contribution in [1.29, 1.82) is 0 Å². The zero-order chi connectivity index (χ0) is 24.9. The molecule has 35 heavy (non-hydrogen) atoms. The van der Waals surface area contributed by atoms with Crippen molar-refractivity contribution in [3.05, 3.63) is 87.7 Å². The molecule has 0 aliphatic rings. The number of pyridine rings is 1. The van der Waals surface area contributed by atoms with Crippen LogP contribution >= 0.6 is 15.9 Å². The van der Waals surface area contributed by atoms with E-state index in [0.717, 1.165) is 27.8 Å². The van der Waals surface area contributed by atoms with Gasteiger partial charge in [0.1, 0.15) is 28.8 Å². The quantitative estimate of drug-likeness (QED) is 0.292. The summed E-state index contributed by atoms with van der Waals surface area (Å²) in [6.07, 6.45) is 0. The fraction of sp³-hybridized carbons (Fsp3) is 0.231. The van der Waals surface area contributed by atoms with Crippen LogP contribution in [0.2, 0.25) is 0 Å². The zero-order valence-electron chi connectivity index (χ0n) is 19.7. The van der Waals surface area contributed by atoms with Crippen molar-refractivity contribution < 1.29 is 23.5 Å². The Morgan fingerprint density at radius 3 is 2.54 bits per heavy atom. The summed E-state index contributed by atoms with van der Waals surface area (Å²) >= 11 is 3.39. The summed E-state index contributed by atoms with van der Waals surface area (Å²) in [5.41, 5.74) is 2.89. The minimum absolute atomic E-state index is 0.0222. The maximum atomic E-state index is 13.9. The summed E-state index contributed by atoms with van der Waals surface area (Å²) in [7, 11) is 3.11. The van der Waals surface area contributed by atoms with Crippen LogP contribution in [-0.4, -0.2) is 36.6 Å². The Kier molecular flexibility index (Phi) is 7.70. The summed E-state index contributed by atoms with van der Waals surface area (Å²) < 4.78 is 17.4. The van der Waals surface area contributed by atoms with Crippen LogP contribution in [0.15, 0.2) is 69.6 Å². The maximum Gasteiger partial charge on any atom is 0.273 e. The van der Waals surface area contributed by atoms with Crippen LogP contribution in [-0.2, 0) is 11.4 Å². The molecule has 0 spiro atoms. The number of aromatic nitrogens is 1. The van der Waals surface area contributed by atoms with E-state index in [-0.39, 0.29) is 24.8 Å². The maximum absolute atomic E-state index is 13.9. The molecule has 1 unspecified atom stereocenters. The Morgan fingerprint density at radius 2 is 1.89 bits per heavy atom. The number of amides is 1. The first-order valence-corrected chi connectivity index (χ1v) is 11.7. The molecule has 2 N–H and O–H groups in total. The lowest BCUT2D eigenvalue weighted by Crippen LogP contribution is -2.37. The predicted molar refractivity (Wildman–Crippen MR) is 135 cm³/mol. The Bertz CT molecular complexity index is 1320. The fourth-order valence-electron chi connectivity index (χ4n) is 3.89. The number of halogens is 1. The molecule has 0 radical (unpaired) electrons. The van der Waals surface area contributed by atoms with E-state index in [0.29, 0.717) is 16.1 Å². The number of hydrogen-bond donors (Lipinski definition) is 1. The van der Waals surface area contributed by atoms with Gasteiger partial charge in [-0.3, -0.25) is 4.79 Å². The third-order valence-electron chi connectivity index (χ3n) is 5.76. The zero-order valence-corrected chi connectivity index (χ0v) is 21.2. The van der Waals surface area contributed by atoms with Crippen molar-refractivity contribution in [1.82, 2.24) is 9.88 Å². The third kappa shape index (κ3) is 5.32. The van der Waals surface area contributed by atoms with E-state index < -0.39 is 6.04 Å². The molecule has 9 heteroatoms. The highest BCUT2D eigenvalue weighted by Gasteiger charge is 2.31. The Balaban J connectivity index is 1.79. The van der Waals surface area contributed by atoms with E-state index >= 15 is 0 Å². The number of ether oxygens (including phenoxy) is 2. The molecule has 4 rings (SSSR count). The average Bonchev–Trinajstić information content (AvgIpc) is 3.32. The van der Waals surface area contributed by atoms with Crippen molar-refractivity contribution in [2.45, 2.75) is 19.5 Å². The Morgan fingerprint density at radius 1 is 1.11 bits per heavy atom. The molecule has 8 nitrogen and oxygen atoms in total. The minimum atomic E-state index is -0.613. The van der Waals surface area contributed by atoms with Gasteiger partial charge in [0.05, 0.1) is 25.3 Å². The molecule has 1 amide bonds. The molecule has 0 saturated heterocycles. The molecule has 2 aromatic carbocycles. The van der Waals surface area contributed by atoms with E-state index in [4.69, 9.17) is 24.6 Å². The van der Waals surface area contributed by atoms with Crippen LogP contribution in [0.4, 0.5) is 0 Å². The van der Waals surface area contributed by atoms with Gasteiger partial charge in [-0.1, -0.05) is 24.3 Å². The van der Waals surface area contributed by atoms with Crippen LogP contribution in [0, 0.1) is 6.92 Å². The Labute approximate surface area is 211 Å². The number of benzene rings is 2. The number of carbonyl (C=O) groups excluding carboxylic acids is 1. The van der Waals surface area contributed by atoms with Crippen molar-refractivity contribution in [3.63, 3.8) is 0 Å².